The van der Waals surface area contributed by atoms with Gasteiger partial charge in [0.1, 0.15) is 4.21 Å². The van der Waals surface area contributed by atoms with E-state index < -0.39 is 21.6 Å². The van der Waals surface area contributed by atoms with Crippen molar-refractivity contribution in [1.29, 1.82) is 0 Å². The number of piperazine rings is 1. The fourth-order valence-electron chi connectivity index (χ4n) is 4.70. The van der Waals surface area contributed by atoms with Crippen LogP contribution in [0.15, 0.2) is 16.3 Å². The first-order chi connectivity index (χ1) is 14.7. The molecule has 2 saturated carbocycles. The van der Waals surface area contributed by atoms with Crippen molar-refractivity contribution in [3.8, 4) is 0 Å². The van der Waals surface area contributed by atoms with Crippen molar-refractivity contribution in [1.82, 2.24) is 9.80 Å². The van der Waals surface area contributed by atoms with Crippen molar-refractivity contribution in [3.63, 3.8) is 0 Å². The van der Waals surface area contributed by atoms with Crippen LogP contribution in [0, 0.1) is 5.92 Å². The third-order valence-electron chi connectivity index (χ3n) is 6.87. The molecule has 0 atom stereocenters. The summed E-state index contributed by atoms with van der Waals surface area (Å²) >= 11 is 6.70. The summed E-state index contributed by atoms with van der Waals surface area (Å²) < 4.78 is 30.9. The van der Waals surface area contributed by atoms with Crippen LogP contribution in [0.25, 0.3) is 0 Å². The van der Waals surface area contributed by atoms with E-state index in [1.807, 2.05) is 4.90 Å². The van der Waals surface area contributed by atoms with Crippen molar-refractivity contribution >= 4 is 44.9 Å². The van der Waals surface area contributed by atoms with Gasteiger partial charge in [0, 0.05) is 38.1 Å². The summed E-state index contributed by atoms with van der Waals surface area (Å²) in [5.74, 6) is -0.983. The molecule has 0 bridgehead atoms. The minimum Gasteiger partial charge on any atom is -0.367 e. The predicted molar refractivity (Wildman–Crippen MR) is 117 cm³/mol. The molecule has 0 radical (unpaired) electrons. The van der Waals surface area contributed by atoms with Crippen molar-refractivity contribution in [2.75, 3.05) is 26.2 Å². The van der Waals surface area contributed by atoms with Crippen LogP contribution in [0.2, 0.25) is 4.34 Å². The molecule has 0 unspecified atom stereocenters. The van der Waals surface area contributed by atoms with E-state index in [2.05, 4.69) is 4.90 Å². The molecule has 1 aliphatic heterocycles. The number of amides is 2. The summed E-state index contributed by atoms with van der Waals surface area (Å²) in [6, 6.07) is 3.48. The minimum atomic E-state index is -4.18. The Morgan fingerprint density at radius 3 is 2.23 bits per heavy atom. The average molecular weight is 490 g/mol. The highest BCUT2D eigenvalue weighted by atomic mass is 35.5. The number of halogens is 1. The Bertz CT molecular complexity index is 930. The van der Waals surface area contributed by atoms with E-state index in [0.717, 1.165) is 37.5 Å². The molecule has 2 N–H and O–H groups in total. The first-order valence-electron chi connectivity index (χ1n) is 10.7. The molecule has 1 saturated heterocycles. The summed E-state index contributed by atoms with van der Waals surface area (Å²) in [7, 11) is -4.18. The van der Waals surface area contributed by atoms with Crippen molar-refractivity contribution in [2.45, 2.75) is 60.8 Å². The van der Waals surface area contributed by atoms with Gasteiger partial charge >= 0.3 is 10.1 Å². The first-order valence-corrected chi connectivity index (χ1v) is 13.3. The second kappa shape index (κ2) is 8.97. The van der Waals surface area contributed by atoms with Crippen molar-refractivity contribution < 1.29 is 22.2 Å². The minimum absolute atomic E-state index is 0.0688. The van der Waals surface area contributed by atoms with E-state index >= 15 is 0 Å². The van der Waals surface area contributed by atoms with Crippen LogP contribution >= 0.6 is 22.9 Å². The predicted octanol–water partition coefficient (Wildman–Crippen LogP) is 2.22. The highest BCUT2D eigenvalue weighted by Crippen LogP contribution is 2.39. The SMILES string of the molecule is NC(=O)C1(OS(=O)(=O)c2ccc(Cl)s2)CCC(C(=O)N2CCN(C3CCC3)CC2)CC1. The van der Waals surface area contributed by atoms with E-state index in [1.54, 1.807) is 0 Å². The highest BCUT2D eigenvalue weighted by molar-refractivity contribution is 7.89. The Morgan fingerprint density at radius 2 is 1.74 bits per heavy atom. The standard InChI is InChI=1S/C20H28ClN3O5S2/c21-16-4-5-17(30-16)31(27,28)29-20(19(22)26)8-6-14(7-9-20)18(25)24-12-10-23(11-13-24)15-2-1-3-15/h4-5,14-15H,1-3,6-13H2,(H2,22,26). The lowest BCUT2D eigenvalue weighted by Crippen LogP contribution is -2.55. The number of hydrogen-bond donors (Lipinski definition) is 1. The van der Waals surface area contributed by atoms with Crippen LogP contribution in [-0.2, 0) is 23.9 Å². The molecule has 3 fully saturated rings. The molecule has 172 valence electrons. The van der Waals surface area contributed by atoms with Gasteiger partial charge in [-0.3, -0.25) is 14.5 Å². The zero-order chi connectivity index (χ0) is 22.2. The third kappa shape index (κ3) is 4.78. The highest BCUT2D eigenvalue weighted by Gasteiger charge is 2.47. The molecular weight excluding hydrogens is 462 g/mol. The number of carbonyl (C=O) groups is 2. The third-order valence-corrected chi connectivity index (χ3v) is 9.93. The lowest BCUT2D eigenvalue weighted by Gasteiger charge is -2.44. The van der Waals surface area contributed by atoms with Gasteiger partial charge in [0.15, 0.2) is 5.60 Å². The lowest BCUT2D eigenvalue weighted by atomic mass is 9.78. The summed E-state index contributed by atoms with van der Waals surface area (Å²) in [6.45, 7) is 3.24. The number of primary amides is 1. The molecule has 31 heavy (non-hydrogen) atoms. The molecule has 11 heteroatoms. The maximum Gasteiger partial charge on any atom is 0.307 e. The number of nitrogens with two attached hydrogens (primary N) is 1. The number of hydrogen-bond acceptors (Lipinski definition) is 7. The maximum atomic E-state index is 13.0. The van der Waals surface area contributed by atoms with Gasteiger partial charge in [-0.05, 0) is 50.7 Å². The molecule has 0 spiro atoms. The topological polar surface area (TPSA) is 110 Å². The Morgan fingerprint density at radius 1 is 1.10 bits per heavy atom. The summed E-state index contributed by atoms with van der Waals surface area (Å²) in [5.41, 5.74) is 3.94. The van der Waals surface area contributed by atoms with Crippen LogP contribution in [0.5, 0.6) is 0 Å². The van der Waals surface area contributed by atoms with Gasteiger partial charge in [-0.2, -0.15) is 8.42 Å². The van der Waals surface area contributed by atoms with E-state index in [-0.39, 0.29) is 28.9 Å². The van der Waals surface area contributed by atoms with Crippen molar-refractivity contribution in [2.24, 2.45) is 11.7 Å². The van der Waals surface area contributed by atoms with Gasteiger partial charge < -0.3 is 10.6 Å². The number of rotatable bonds is 6. The molecular formula is C20H28ClN3O5S2. The van der Waals surface area contributed by atoms with E-state index in [0.29, 0.717) is 23.2 Å². The van der Waals surface area contributed by atoms with E-state index in [9.17, 15) is 18.0 Å². The van der Waals surface area contributed by atoms with Crippen LogP contribution in [-0.4, -0.2) is 67.9 Å². The average Bonchev–Trinajstić information content (AvgIpc) is 3.14. The Balaban J connectivity index is 1.36. The van der Waals surface area contributed by atoms with Crippen LogP contribution in [0.4, 0.5) is 0 Å². The molecule has 2 amide bonds. The molecule has 2 aliphatic carbocycles. The molecule has 8 nitrogen and oxygen atoms in total. The normalized spacial score (nSPS) is 28.3. The van der Waals surface area contributed by atoms with Crippen LogP contribution in [0.3, 0.4) is 0 Å². The Labute approximate surface area is 191 Å². The van der Waals surface area contributed by atoms with E-state index in [1.165, 1.54) is 31.4 Å². The number of carbonyl (C=O) groups excluding carboxylic acids is 2. The van der Waals surface area contributed by atoms with E-state index in [4.69, 9.17) is 21.5 Å². The van der Waals surface area contributed by atoms with Gasteiger partial charge in [-0.25, -0.2) is 4.18 Å². The first kappa shape index (κ1) is 23.0. The zero-order valence-corrected chi connectivity index (χ0v) is 19.7. The second-order valence-electron chi connectivity index (χ2n) is 8.67. The van der Waals surface area contributed by atoms with Crippen LogP contribution in [0.1, 0.15) is 44.9 Å². The molecule has 3 aliphatic rings. The van der Waals surface area contributed by atoms with Crippen molar-refractivity contribution in [3.05, 3.63) is 16.5 Å². The van der Waals surface area contributed by atoms with Crippen LogP contribution < -0.4 is 5.73 Å². The van der Waals surface area contributed by atoms with Gasteiger partial charge in [-0.15, -0.1) is 11.3 Å². The summed E-state index contributed by atoms with van der Waals surface area (Å²) in [5, 5.41) is 0. The Hall–Kier alpha value is -1.20. The number of thiophene rings is 1. The van der Waals surface area contributed by atoms with Gasteiger partial charge in [-0.1, -0.05) is 18.0 Å². The molecule has 1 aromatic heterocycles. The second-order valence-corrected chi connectivity index (χ2v) is 12.2. The fraction of sp³-hybridized carbons (Fsp3) is 0.700. The summed E-state index contributed by atoms with van der Waals surface area (Å²) in [4.78, 5) is 29.6. The molecule has 2 heterocycles. The van der Waals surface area contributed by atoms with Gasteiger partial charge in [0.05, 0.1) is 4.34 Å². The largest absolute Gasteiger partial charge is 0.367 e. The van der Waals surface area contributed by atoms with Gasteiger partial charge in [0.2, 0.25) is 5.91 Å². The number of nitrogens with zero attached hydrogens (tertiary/aromatic N) is 2. The smallest absolute Gasteiger partial charge is 0.307 e. The summed E-state index contributed by atoms with van der Waals surface area (Å²) in [6.07, 6.45) is 4.73. The fourth-order valence-corrected chi connectivity index (χ4v) is 7.38. The molecule has 0 aromatic carbocycles. The zero-order valence-electron chi connectivity index (χ0n) is 17.3. The monoisotopic (exact) mass is 489 g/mol. The quantitative estimate of drug-likeness (QED) is 0.613. The molecule has 1 aromatic rings. The van der Waals surface area contributed by atoms with Gasteiger partial charge in [0.25, 0.3) is 5.91 Å². The maximum absolute atomic E-state index is 13.0. The molecule has 4 rings (SSSR count). The lowest BCUT2D eigenvalue weighted by molar-refractivity contribution is -0.145. The Kier molecular flexibility index (Phi) is 6.65.